The topological polar surface area (TPSA) is 158 Å². The summed E-state index contributed by atoms with van der Waals surface area (Å²) in [4.78, 5) is 69.1. The highest BCUT2D eigenvalue weighted by Gasteiger charge is 2.60. The molecule has 0 aromatic heterocycles. The molecule has 0 aromatic carbocycles. The molecule has 12 nitrogen and oxygen atoms in total. The standard InChI is InChI=1S/C17H22O12/c1-7(19)25-13-12(24-6-18)14(26-8(2)20)16(28-10(4)22)17(29-11(5)23)15(13)27-9(3)21/h6,12-17H,1-5H3. The highest BCUT2D eigenvalue weighted by atomic mass is 16.7. The van der Waals surface area contributed by atoms with Crippen LogP contribution in [-0.2, 0) is 57.2 Å². The van der Waals surface area contributed by atoms with Gasteiger partial charge in [-0.3, -0.25) is 28.8 Å². The molecule has 162 valence electrons. The van der Waals surface area contributed by atoms with Gasteiger partial charge in [0.25, 0.3) is 6.47 Å². The van der Waals surface area contributed by atoms with Crippen molar-refractivity contribution in [1.29, 1.82) is 0 Å². The van der Waals surface area contributed by atoms with Gasteiger partial charge in [-0.2, -0.15) is 0 Å². The second-order valence-electron chi connectivity index (χ2n) is 6.07. The van der Waals surface area contributed by atoms with Gasteiger partial charge in [0, 0.05) is 34.6 Å². The fourth-order valence-electron chi connectivity index (χ4n) is 2.97. The first-order chi connectivity index (χ1) is 13.5. The summed E-state index contributed by atoms with van der Waals surface area (Å²) in [5, 5.41) is 0. The van der Waals surface area contributed by atoms with Crippen LogP contribution in [0.3, 0.4) is 0 Å². The molecule has 1 saturated carbocycles. The summed E-state index contributed by atoms with van der Waals surface area (Å²) in [5.41, 5.74) is 0. The lowest BCUT2D eigenvalue weighted by atomic mass is 9.83. The summed E-state index contributed by atoms with van der Waals surface area (Å²) in [5.74, 6) is -4.30. The van der Waals surface area contributed by atoms with Gasteiger partial charge in [-0.15, -0.1) is 0 Å². The lowest BCUT2D eigenvalue weighted by Gasteiger charge is -2.46. The highest BCUT2D eigenvalue weighted by Crippen LogP contribution is 2.34. The van der Waals surface area contributed by atoms with E-state index < -0.39 is 66.5 Å². The third kappa shape index (κ3) is 6.73. The van der Waals surface area contributed by atoms with Crippen LogP contribution in [0.25, 0.3) is 0 Å². The minimum absolute atomic E-state index is 0.0144. The molecule has 4 unspecified atom stereocenters. The van der Waals surface area contributed by atoms with Gasteiger partial charge in [-0.1, -0.05) is 0 Å². The van der Waals surface area contributed by atoms with Crippen molar-refractivity contribution < 1.29 is 57.2 Å². The zero-order chi connectivity index (χ0) is 22.3. The maximum Gasteiger partial charge on any atom is 0.303 e. The third-order valence-electron chi connectivity index (χ3n) is 3.67. The lowest BCUT2D eigenvalue weighted by Crippen LogP contribution is -2.68. The van der Waals surface area contributed by atoms with Crippen molar-refractivity contribution in [1.82, 2.24) is 0 Å². The number of carbonyl (C=O) groups excluding carboxylic acids is 6. The van der Waals surface area contributed by atoms with Gasteiger partial charge >= 0.3 is 29.8 Å². The largest absolute Gasteiger partial charge is 0.456 e. The first kappa shape index (κ1) is 23.9. The Morgan fingerprint density at radius 2 is 0.690 bits per heavy atom. The Morgan fingerprint density at radius 3 is 0.862 bits per heavy atom. The summed E-state index contributed by atoms with van der Waals surface area (Å²) < 4.78 is 30.6. The van der Waals surface area contributed by atoms with E-state index in [-0.39, 0.29) is 6.47 Å². The second kappa shape index (κ2) is 10.4. The highest BCUT2D eigenvalue weighted by molar-refractivity contribution is 5.70. The predicted octanol–water partition coefficient (Wildman–Crippen LogP) is -0.800. The molecule has 0 aliphatic heterocycles. The average Bonchev–Trinajstić information content (AvgIpc) is 2.55. The van der Waals surface area contributed by atoms with E-state index in [0.717, 1.165) is 34.6 Å². The smallest absolute Gasteiger partial charge is 0.303 e. The minimum atomic E-state index is -1.54. The molecule has 4 atom stereocenters. The van der Waals surface area contributed by atoms with Gasteiger partial charge in [0.15, 0.2) is 36.6 Å². The third-order valence-corrected chi connectivity index (χ3v) is 3.67. The first-order valence-electron chi connectivity index (χ1n) is 8.43. The van der Waals surface area contributed by atoms with Crippen molar-refractivity contribution in [2.75, 3.05) is 0 Å². The van der Waals surface area contributed by atoms with E-state index in [4.69, 9.17) is 28.4 Å². The summed E-state index contributed by atoms with van der Waals surface area (Å²) in [6, 6.07) is 0. The molecular weight excluding hydrogens is 396 g/mol. The molecule has 0 radical (unpaired) electrons. The van der Waals surface area contributed by atoms with Gasteiger partial charge < -0.3 is 28.4 Å². The number of rotatable bonds is 7. The zero-order valence-corrected chi connectivity index (χ0v) is 16.4. The van der Waals surface area contributed by atoms with E-state index in [0.29, 0.717) is 0 Å². The van der Waals surface area contributed by atoms with Gasteiger partial charge in [-0.05, 0) is 0 Å². The number of hydrogen-bond donors (Lipinski definition) is 0. The van der Waals surface area contributed by atoms with E-state index in [1.165, 1.54) is 0 Å². The van der Waals surface area contributed by atoms with Crippen LogP contribution in [0.1, 0.15) is 34.6 Å². The Labute approximate surface area is 165 Å². The van der Waals surface area contributed by atoms with Crippen molar-refractivity contribution in [2.45, 2.75) is 71.2 Å². The van der Waals surface area contributed by atoms with Crippen LogP contribution in [0.2, 0.25) is 0 Å². The Morgan fingerprint density at radius 1 is 0.483 bits per heavy atom. The summed E-state index contributed by atoms with van der Waals surface area (Å²) in [6.07, 6.45) is -9.24. The van der Waals surface area contributed by atoms with E-state index in [2.05, 4.69) is 0 Å². The number of carbonyl (C=O) groups is 6. The number of esters is 5. The van der Waals surface area contributed by atoms with E-state index in [1.54, 1.807) is 0 Å². The zero-order valence-electron chi connectivity index (χ0n) is 16.4. The fraction of sp³-hybridized carbons (Fsp3) is 0.647. The maximum atomic E-state index is 11.6. The molecule has 29 heavy (non-hydrogen) atoms. The number of hydrogen-bond acceptors (Lipinski definition) is 12. The molecule has 0 N–H and O–H groups in total. The Kier molecular flexibility index (Phi) is 8.55. The second-order valence-corrected chi connectivity index (χ2v) is 6.07. The number of ether oxygens (including phenoxy) is 6. The fourth-order valence-corrected chi connectivity index (χ4v) is 2.97. The van der Waals surface area contributed by atoms with Gasteiger partial charge in [0.05, 0.1) is 0 Å². The van der Waals surface area contributed by atoms with Crippen molar-refractivity contribution in [3.63, 3.8) is 0 Å². The SMILES string of the molecule is CC(=O)OC1C(OC=O)C(OC(C)=O)C(OC(C)=O)C(OC(C)=O)C1OC(C)=O. The summed E-state index contributed by atoms with van der Waals surface area (Å²) in [6.45, 7) is 5.14. The van der Waals surface area contributed by atoms with Crippen LogP contribution in [0.15, 0.2) is 0 Å². The van der Waals surface area contributed by atoms with Crippen LogP contribution in [0.4, 0.5) is 0 Å². The van der Waals surface area contributed by atoms with Crippen LogP contribution in [-0.4, -0.2) is 72.9 Å². The molecule has 0 spiro atoms. The Balaban J connectivity index is 3.61. The molecular formula is C17H22O12. The molecule has 0 heterocycles. The maximum absolute atomic E-state index is 11.6. The molecule has 1 aliphatic rings. The van der Waals surface area contributed by atoms with Gasteiger partial charge in [0.1, 0.15) is 0 Å². The van der Waals surface area contributed by atoms with Crippen LogP contribution >= 0.6 is 0 Å². The monoisotopic (exact) mass is 418 g/mol. The van der Waals surface area contributed by atoms with Crippen LogP contribution < -0.4 is 0 Å². The van der Waals surface area contributed by atoms with E-state index in [1.807, 2.05) is 0 Å². The lowest BCUT2D eigenvalue weighted by molar-refractivity contribution is -0.257. The summed E-state index contributed by atoms with van der Waals surface area (Å²) in [7, 11) is 0. The molecule has 1 aliphatic carbocycles. The van der Waals surface area contributed by atoms with Crippen molar-refractivity contribution in [3.8, 4) is 0 Å². The Bertz CT molecular complexity index is 627. The molecule has 1 rings (SSSR count). The van der Waals surface area contributed by atoms with Crippen LogP contribution in [0, 0.1) is 0 Å². The Hall–Kier alpha value is -3.18. The molecule has 0 aromatic rings. The molecule has 0 amide bonds. The molecule has 1 fully saturated rings. The van der Waals surface area contributed by atoms with Crippen LogP contribution in [0.5, 0.6) is 0 Å². The normalized spacial score (nSPS) is 28.3. The van der Waals surface area contributed by atoms with E-state index in [9.17, 15) is 28.8 Å². The quantitative estimate of drug-likeness (QED) is 0.288. The van der Waals surface area contributed by atoms with Crippen molar-refractivity contribution in [3.05, 3.63) is 0 Å². The molecule has 0 saturated heterocycles. The first-order valence-corrected chi connectivity index (χ1v) is 8.43. The van der Waals surface area contributed by atoms with Crippen molar-refractivity contribution >= 4 is 36.3 Å². The molecule has 0 bridgehead atoms. The van der Waals surface area contributed by atoms with Gasteiger partial charge in [0.2, 0.25) is 0 Å². The van der Waals surface area contributed by atoms with Gasteiger partial charge in [-0.25, -0.2) is 0 Å². The summed E-state index contributed by atoms with van der Waals surface area (Å²) >= 11 is 0. The predicted molar refractivity (Wildman–Crippen MR) is 88.7 cm³/mol. The van der Waals surface area contributed by atoms with Crippen molar-refractivity contribution in [2.24, 2.45) is 0 Å². The average molecular weight is 418 g/mol. The van der Waals surface area contributed by atoms with E-state index >= 15 is 0 Å². The molecule has 12 heteroatoms. The minimum Gasteiger partial charge on any atom is -0.456 e.